The number of hydrogen-bond acceptors (Lipinski definition) is 3. The van der Waals surface area contributed by atoms with Crippen molar-refractivity contribution in [3.63, 3.8) is 0 Å². The van der Waals surface area contributed by atoms with Crippen molar-refractivity contribution in [3.8, 4) is 0 Å². The molecule has 1 fully saturated rings. The minimum atomic E-state index is 0.337. The molecule has 1 nitrogen and oxygen atoms in total. The van der Waals surface area contributed by atoms with Crippen LogP contribution >= 0.6 is 23.5 Å². The number of thioether (sulfide) groups is 2. The predicted molar refractivity (Wildman–Crippen MR) is 67.2 cm³/mol. The average Bonchev–Trinajstić information content (AvgIpc) is 2.20. The van der Waals surface area contributed by atoms with Crippen LogP contribution < -0.4 is 0 Å². The van der Waals surface area contributed by atoms with Gasteiger partial charge in [0, 0.05) is 11.5 Å². The lowest BCUT2D eigenvalue weighted by atomic mass is 10.1. The second kappa shape index (κ2) is 8.66. The van der Waals surface area contributed by atoms with Crippen molar-refractivity contribution in [1.29, 1.82) is 0 Å². The van der Waals surface area contributed by atoms with E-state index < -0.39 is 0 Å². The zero-order valence-electron chi connectivity index (χ0n) is 8.80. The first-order valence-electron chi connectivity index (χ1n) is 5.69. The second-order valence-corrected chi connectivity index (χ2v) is 6.17. The Morgan fingerprint density at radius 1 is 0.643 bits per heavy atom. The van der Waals surface area contributed by atoms with Crippen LogP contribution in [0, 0.1) is 0 Å². The van der Waals surface area contributed by atoms with Gasteiger partial charge in [0.2, 0.25) is 4.45 Å². The van der Waals surface area contributed by atoms with E-state index in [1.54, 1.807) is 0 Å². The zero-order chi connectivity index (χ0) is 10.1. The van der Waals surface area contributed by atoms with Crippen molar-refractivity contribution in [2.24, 2.45) is 0 Å². The molecule has 1 heterocycles. The van der Waals surface area contributed by atoms with Crippen LogP contribution in [-0.4, -0.2) is 16.0 Å². The largest absolute Gasteiger partial charge is 0.274 e. The molecule has 0 bridgehead atoms. The van der Waals surface area contributed by atoms with Crippen molar-refractivity contribution >= 4 is 28.0 Å². The summed E-state index contributed by atoms with van der Waals surface area (Å²) < 4.78 is 0.337. The second-order valence-electron chi connectivity index (χ2n) is 3.78. The zero-order valence-corrected chi connectivity index (χ0v) is 10.4. The molecule has 14 heavy (non-hydrogen) atoms. The summed E-state index contributed by atoms with van der Waals surface area (Å²) in [5.74, 6) is 2.07. The Hall–Kier alpha value is 0.370. The molecular weight excluding hydrogens is 212 g/mol. The van der Waals surface area contributed by atoms with Gasteiger partial charge >= 0.3 is 0 Å². The standard InChI is InChI=1S/C11H20OS2/c12-11-13-9-7-5-3-1-2-4-6-8-10-14-11/h1-10H2. The minimum absolute atomic E-state index is 0.337. The molecule has 0 N–H and O–H groups in total. The maximum atomic E-state index is 11.3. The van der Waals surface area contributed by atoms with Gasteiger partial charge in [-0.25, -0.2) is 0 Å². The summed E-state index contributed by atoms with van der Waals surface area (Å²) in [4.78, 5) is 11.3. The maximum Gasteiger partial charge on any atom is 0.246 e. The molecule has 1 saturated heterocycles. The molecule has 1 aliphatic heterocycles. The molecule has 0 spiro atoms. The van der Waals surface area contributed by atoms with Crippen molar-refractivity contribution in [2.75, 3.05) is 11.5 Å². The highest BCUT2D eigenvalue weighted by Crippen LogP contribution is 2.21. The highest BCUT2D eigenvalue weighted by molar-refractivity contribution is 8.38. The smallest absolute Gasteiger partial charge is 0.246 e. The van der Waals surface area contributed by atoms with E-state index in [9.17, 15) is 4.79 Å². The fraction of sp³-hybridized carbons (Fsp3) is 0.909. The summed E-state index contributed by atoms with van der Waals surface area (Å²) in [5, 5.41) is 0. The van der Waals surface area contributed by atoms with E-state index in [4.69, 9.17) is 0 Å². The lowest BCUT2D eigenvalue weighted by Gasteiger charge is -1.99. The van der Waals surface area contributed by atoms with Gasteiger partial charge in [-0.1, -0.05) is 62.0 Å². The Balaban J connectivity index is 2.15. The maximum absolute atomic E-state index is 11.3. The van der Waals surface area contributed by atoms with Gasteiger partial charge in [-0.2, -0.15) is 0 Å². The Kier molecular flexibility index (Phi) is 7.69. The first-order chi connectivity index (χ1) is 6.89. The van der Waals surface area contributed by atoms with E-state index in [-0.39, 0.29) is 0 Å². The molecule has 3 heteroatoms. The number of rotatable bonds is 0. The van der Waals surface area contributed by atoms with Crippen LogP contribution in [0.5, 0.6) is 0 Å². The molecule has 0 aromatic rings. The molecule has 1 rings (SSSR count). The number of carbonyl (C=O) groups excluding carboxylic acids is 1. The van der Waals surface area contributed by atoms with E-state index in [2.05, 4.69) is 0 Å². The topological polar surface area (TPSA) is 17.1 Å². The molecule has 0 amide bonds. The lowest BCUT2D eigenvalue weighted by Crippen LogP contribution is -1.88. The summed E-state index contributed by atoms with van der Waals surface area (Å²) in [5.41, 5.74) is 0. The molecule has 82 valence electrons. The van der Waals surface area contributed by atoms with Crippen LogP contribution in [0.25, 0.3) is 0 Å². The average molecular weight is 232 g/mol. The van der Waals surface area contributed by atoms with E-state index >= 15 is 0 Å². The van der Waals surface area contributed by atoms with Crippen molar-refractivity contribution < 1.29 is 4.79 Å². The highest BCUT2D eigenvalue weighted by atomic mass is 32.2. The van der Waals surface area contributed by atoms with Crippen LogP contribution in [0.15, 0.2) is 0 Å². The van der Waals surface area contributed by atoms with Gasteiger partial charge in [-0.3, -0.25) is 4.79 Å². The Morgan fingerprint density at radius 2 is 1.00 bits per heavy atom. The first-order valence-corrected chi connectivity index (χ1v) is 7.66. The third kappa shape index (κ3) is 6.77. The molecular formula is C11H20OS2. The van der Waals surface area contributed by atoms with Gasteiger partial charge < -0.3 is 0 Å². The fourth-order valence-corrected chi connectivity index (χ4v) is 3.48. The molecule has 0 radical (unpaired) electrons. The quantitative estimate of drug-likeness (QED) is 0.602. The van der Waals surface area contributed by atoms with Gasteiger partial charge in [0.15, 0.2) is 0 Å². The Bertz CT molecular complexity index is 143. The minimum Gasteiger partial charge on any atom is -0.274 e. The van der Waals surface area contributed by atoms with Crippen molar-refractivity contribution in [2.45, 2.75) is 51.4 Å². The summed E-state index contributed by atoms with van der Waals surface area (Å²) >= 11 is 3.04. The molecule has 0 saturated carbocycles. The third-order valence-corrected chi connectivity index (χ3v) is 4.64. The van der Waals surface area contributed by atoms with E-state index in [0.717, 1.165) is 11.5 Å². The van der Waals surface area contributed by atoms with Gasteiger partial charge in [0.05, 0.1) is 0 Å². The van der Waals surface area contributed by atoms with Gasteiger partial charge in [0.25, 0.3) is 0 Å². The van der Waals surface area contributed by atoms with Crippen LogP contribution in [0.3, 0.4) is 0 Å². The lowest BCUT2D eigenvalue weighted by molar-refractivity contribution is 0.276. The van der Waals surface area contributed by atoms with Crippen LogP contribution in [0.1, 0.15) is 51.4 Å². The Labute approximate surface area is 95.8 Å². The molecule has 0 unspecified atom stereocenters. The van der Waals surface area contributed by atoms with E-state index in [1.807, 2.05) is 0 Å². The summed E-state index contributed by atoms with van der Waals surface area (Å²) in [6.45, 7) is 0. The summed E-state index contributed by atoms with van der Waals surface area (Å²) in [6.07, 6.45) is 10.6. The normalized spacial score (nSPS) is 23.3. The van der Waals surface area contributed by atoms with Gasteiger partial charge in [-0.05, 0) is 12.8 Å². The number of carbonyl (C=O) groups is 1. The first kappa shape index (κ1) is 12.4. The van der Waals surface area contributed by atoms with Crippen molar-refractivity contribution in [1.82, 2.24) is 0 Å². The molecule has 0 aliphatic carbocycles. The highest BCUT2D eigenvalue weighted by Gasteiger charge is 2.03. The molecule has 0 aromatic heterocycles. The third-order valence-electron chi connectivity index (χ3n) is 2.48. The molecule has 1 aliphatic rings. The summed E-state index contributed by atoms with van der Waals surface area (Å²) in [7, 11) is 0. The van der Waals surface area contributed by atoms with Gasteiger partial charge in [0.1, 0.15) is 0 Å². The van der Waals surface area contributed by atoms with E-state index in [1.165, 1.54) is 74.9 Å². The molecule has 0 aromatic carbocycles. The fourth-order valence-electron chi connectivity index (χ4n) is 1.62. The van der Waals surface area contributed by atoms with Gasteiger partial charge in [-0.15, -0.1) is 0 Å². The summed E-state index contributed by atoms with van der Waals surface area (Å²) in [6, 6.07) is 0. The molecule has 0 atom stereocenters. The van der Waals surface area contributed by atoms with Crippen LogP contribution in [-0.2, 0) is 0 Å². The van der Waals surface area contributed by atoms with Crippen molar-refractivity contribution in [3.05, 3.63) is 0 Å². The number of hydrogen-bond donors (Lipinski definition) is 0. The van der Waals surface area contributed by atoms with Crippen LogP contribution in [0.4, 0.5) is 4.79 Å². The van der Waals surface area contributed by atoms with Crippen LogP contribution in [0.2, 0.25) is 0 Å². The predicted octanol–water partition coefficient (Wildman–Crippen LogP) is 4.71. The monoisotopic (exact) mass is 232 g/mol. The SMILES string of the molecule is O=C1SCCCCCCCCCCS1. The van der Waals surface area contributed by atoms with E-state index in [0.29, 0.717) is 4.45 Å². The Morgan fingerprint density at radius 3 is 1.43 bits per heavy atom.